The van der Waals surface area contributed by atoms with Crippen LogP contribution in [0.2, 0.25) is 0 Å². The number of anilines is 1. The van der Waals surface area contributed by atoms with E-state index in [1.165, 1.54) is 0 Å². The van der Waals surface area contributed by atoms with E-state index in [4.69, 9.17) is 0 Å². The highest BCUT2D eigenvalue weighted by molar-refractivity contribution is 6.47. The Balaban J connectivity index is 1.54. The zero-order valence-corrected chi connectivity index (χ0v) is 16.1. The molecule has 0 atom stereocenters. The van der Waals surface area contributed by atoms with Crippen molar-refractivity contribution < 1.29 is 9.59 Å². The minimum Gasteiger partial charge on any atom is -0.319 e. The second kappa shape index (κ2) is 7.33. The number of amides is 1. The van der Waals surface area contributed by atoms with Crippen molar-refractivity contribution in [1.29, 1.82) is 0 Å². The molecule has 4 nitrogen and oxygen atoms in total. The van der Waals surface area contributed by atoms with Crippen LogP contribution >= 0.6 is 0 Å². The molecule has 144 valence electrons. The molecular formula is C26H18N2O2. The monoisotopic (exact) mass is 390 g/mol. The number of carbonyl (C=O) groups excluding carboxylic acids is 2. The van der Waals surface area contributed by atoms with E-state index >= 15 is 0 Å². The number of fused-ring (bicyclic) bond motifs is 2. The van der Waals surface area contributed by atoms with Gasteiger partial charge in [-0.15, -0.1) is 0 Å². The number of nitrogens with zero attached hydrogens (tertiary/aromatic N) is 1. The van der Waals surface area contributed by atoms with E-state index in [1.807, 2.05) is 97.1 Å². The van der Waals surface area contributed by atoms with Crippen molar-refractivity contribution in [3.05, 3.63) is 109 Å². The van der Waals surface area contributed by atoms with Crippen LogP contribution in [0.3, 0.4) is 0 Å². The first-order valence-electron chi connectivity index (χ1n) is 9.71. The summed E-state index contributed by atoms with van der Waals surface area (Å²) in [6.07, 6.45) is 1.80. The van der Waals surface area contributed by atoms with Crippen LogP contribution in [0.4, 0.5) is 5.69 Å². The molecule has 2 aromatic heterocycles. The molecule has 30 heavy (non-hydrogen) atoms. The van der Waals surface area contributed by atoms with Crippen molar-refractivity contribution in [1.82, 2.24) is 4.40 Å². The fourth-order valence-corrected chi connectivity index (χ4v) is 3.76. The van der Waals surface area contributed by atoms with Crippen molar-refractivity contribution in [2.75, 3.05) is 5.32 Å². The molecule has 0 spiro atoms. The van der Waals surface area contributed by atoms with E-state index in [1.54, 1.807) is 10.6 Å². The van der Waals surface area contributed by atoms with Crippen LogP contribution in [0.25, 0.3) is 27.4 Å². The van der Waals surface area contributed by atoms with Crippen LogP contribution in [0, 0.1) is 0 Å². The number of hydrogen-bond donors (Lipinski definition) is 1. The summed E-state index contributed by atoms with van der Waals surface area (Å²) in [5.41, 5.74) is 3.44. The summed E-state index contributed by atoms with van der Waals surface area (Å²) in [6, 6.07) is 30.7. The molecule has 0 aliphatic rings. The molecule has 0 unspecified atom stereocenters. The van der Waals surface area contributed by atoms with Gasteiger partial charge in [0.25, 0.3) is 11.7 Å². The Labute approximate surface area is 173 Å². The van der Waals surface area contributed by atoms with Crippen LogP contribution in [0.1, 0.15) is 10.5 Å². The molecule has 5 aromatic rings. The zero-order valence-electron chi connectivity index (χ0n) is 16.1. The molecule has 0 radical (unpaired) electrons. The Morgan fingerprint density at radius 2 is 1.43 bits per heavy atom. The van der Waals surface area contributed by atoms with E-state index in [2.05, 4.69) is 5.32 Å². The van der Waals surface area contributed by atoms with Gasteiger partial charge in [0.05, 0.1) is 0 Å². The Kier molecular flexibility index (Phi) is 4.37. The lowest BCUT2D eigenvalue weighted by atomic mass is 10.0. The number of pyridine rings is 1. The van der Waals surface area contributed by atoms with Crippen LogP contribution in [0.15, 0.2) is 103 Å². The van der Waals surface area contributed by atoms with Crippen molar-refractivity contribution >= 4 is 33.7 Å². The van der Waals surface area contributed by atoms with Crippen molar-refractivity contribution in [2.24, 2.45) is 0 Å². The maximum atomic E-state index is 13.2. The van der Waals surface area contributed by atoms with E-state index in [-0.39, 0.29) is 0 Å². The molecule has 0 aliphatic heterocycles. The lowest BCUT2D eigenvalue weighted by molar-refractivity contribution is -0.112. The number of aromatic nitrogens is 1. The molecule has 0 aliphatic carbocycles. The average Bonchev–Trinajstić information content (AvgIpc) is 3.18. The molecule has 2 heterocycles. The van der Waals surface area contributed by atoms with E-state index in [0.717, 1.165) is 27.4 Å². The SMILES string of the molecule is O=C(Nc1ccc2ccccc2c1)C(=O)c1c(-c2ccccc2)cc2ccccn12. The smallest absolute Gasteiger partial charge is 0.298 e. The highest BCUT2D eigenvalue weighted by Crippen LogP contribution is 2.28. The lowest BCUT2D eigenvalue weighted by Gasteiger charge is -2.08. The van der Waals surface area contributed by atoms with Crippen LogP contribution in [-0.2, 0) is 4.79 Å². The van der Waals surface area contributed by atoms with Gasteiger partial charge in [-0.3, -0.25) is 9.59 Å². The molecular weight excluding hydrogens is 372 g/mol. The summed E-state index contributed by atoms with van der Waals surface area (Å²) in [7, 11) is 0. The molecule has 0 fully saturated rings. The number of nitrogens with one attached hydrogen (secondary N) is 1. The molecule has 5 rings (SSSR count). The highest BCUT2D eigenvalue weighted by atomic mass is 16.2. The van der Waals surface area contributed by atoms with Gasteiger partial charge in [-0.25, -0.2) is 0 Å². The average molecular weight is 390 g/mol. The normalized spacial score (nSPS) is 10.9. The third-order valence-electron chi connectivity index (χ3n) is 5.19. The highest BCUT2D eigenvalue weighted by Gasteiger charge is 2.24. The Hall–Kier alpha value is -4.18. The van der Waals surface area contributed by atoms with Gasteiger partial charge >= 0.3 is 0 Å². The van der Waals surface area contributed by atoms with Gasteiger partial charge in [0.1, 0.15) is 5.69 Å². The third-order valence-corrected chi connectivity index (χ3v) is 5.19. The van der Waals surface area contributed by atoms with E-state index in [0.29, 0.717) is 11.4 Å². The topological polar surface area (TPSA) is 50.6 Å². The molecule has 0 saturated heterocycles. The first kappa shape index (κ1) is 17.9. The minimum absolute atomic E-state index is 0.357. The zero-order chi connectivity index (χ0) is 20.5. The molecule has 1 N–H and O–H groups in total. The summed E-state index contributed by atoms with van der Waals surface area (Å²) in [4.78, 5) is 26.1. The Morgan fingerprint density at radius 3 is 2.27 bits per heavy atom. The number of benzene rings is 3. The summed E-state index contributed by atoms with van der Waals surface area (Å²) >= 11 is 0. The van der Waals surface area contributed by atoms with Gasteiger partial charge < -0.3 is 9.72 Å². The maximum Gasteiger partial charge on any atom is 0.298 e. The van der Waals surface area contributed by atoms with Gasteiger partial charge in [0, 0.05) is 23.0 Å². The fourth-order valence-electron chi connectivity index (χ4n) is 3.76. The molecule has 0 bridgehead atoms. The van der Waals surface area contributed by atoms with Crippen molar-refractivity contribution in [2.45, 2.75) is 0 Å². The summed E-state index contributed by atoms with van der Waals surface area (Å²) in [6.45, 7) is 0. The van der Waals surface area contributed by atoms with Crippen LogP contribution in [-0.4, -0.2) is 16.1 Å². The standard InChI is InChI=1S/C26H18N2O2/c29-25(26(30)27-21-14-13-18-8-4-5-11-20(18)16-21)24-23(19-9-2-1-3-10-19)17-22-12-6-7-15-28(22)24/h1-17H,(H,27,30). The molecule has 3 aromatic carbocycles. The van der Waals surface area contributed by atoms with Crippen LogP contribution in [0.5, 0.6) is 0 Å². The predicted octanol–water partition coefficient (Wildman–Crippen LogP) is 5.58. The first-order valence-corrected chi connectivity index (χ1v) is 9.71. The first-order chi connectivity index (χ1) is 14.7. The number of rotatable bonds is 4. The van der Waals surface area contributed by atoms with Gasteiger partial charge in [-0.05, 0) is 46.7 Å². The Morgan fingerprint density at radius 1 is 0.700 bits per heavy atom. The molecule has 0 saturated carbocycles. The second-order valence-corrected chi connectivity index (χ2v) is 7.11. The van der Waals surface area contributed by atoms with Gasteiger partial charge in [0.2, 0.25) is 0 Å². The number of ketones is 1. The minimum atomic E-state index is -0.661. The predicted molar refractivity (Wildman–Crippen MR) is 120 cm³/mol. The van der Waals surface area contributed by atoms with Crippen molar-refractivity contribution in [3.63, 3.8) is 0 Å². The maximum absolute atomic E-state index is 13.2. The van der Waals surface area contributed by atoms with Gasteiger partial charge in [0.15, 0.2) is 0 Å². The van der Waals surface area contributed by atoms with Gasteiger partial charge in [-0.1, -0.05) is 66.7 Å². The fraction of sp³-hybridized carbons (Fsp3) is 0. The number of hydrogen-bond acceptors (Lipinski definition) is 2. The quantitative estimate of drug-likeness (QED) is 0.322. The van der Waals surface area contributed by atoms with Gasteiger partial charge in [-0.2, -0.15) is 0 Å². The molecule has 4 heteroatoms. The van der Waals surface area contributed by atoms with Crippen LogP contribution < -0.4 is 5.32 Å². The largest absolute Gasteiger partial charge is 0.319 e. The molecule has 1 amide bonds. The lowest BCUT2D eigenvalue weighted by Crippen LogP contribution is -2.24. The number of Topliss-reactive ketones (excluding diaryl/α,β-unsaturated/α-hetero) is 1. The third kappa shape index (κ3) is 3.14. The van der Waals surface area contributed by atoms with E-state index < -0.39 is 11.7 Å². The second-order valence-electron chi connectivity index (χ2n) is 7.11. The van der Waals surface area contributed by atoms with Crippen molar-refractivity contribution in [3.8, 4) is 11.1 Å². The van der Waals surface area contributed by atoms with E-state index in [9.17, 15) is 9.59 Å². The summed E-state index contributed by atoms with van der Waals surface area (Å²) < 4.78 is 1.77. The Bertz CT molecular complexity index is 1400. The summed E-state index contributed by atoms with van der Waals surface area (Å²) in [5, 5.41) is 4.84. The summed E-state index contributed by atoms with van der Waals surface area (Å²) in [5.74, 6) is -1.24. The number of carbonyl (C=O) groups is 2.